The summed E-state index contributed by atoms with van der Waals surface area (Å²) in [5.74, 6) is 0.0301. The van der Waals surface area contributed by atoms with Crippen molar-refractivity contribution >= 4 is 17.6 Å². The van der Waals surface area contributed by atoms with E-state index in [1.807, 2.05) is 34.9 Å². The lowest BCUT2D eigenvalue weighted by atomic mass is 10.0. The van der Waals surface area contributed by atoms with Crippen LogP contribution in [0.25, 0.3) is 5.52 Å². The zero-order chi connectivity index (χ0) is 23.6. The number of benzene rings is 1. The molecule has 3 aromatic rings. The van der Waals surface area contributed by atoms with E-state index in [0.29, 0.717) is 16.8 Å². The van der Waals surface area contributed by atoms with E-state index in [2.05, 4.69) is 37.8 Å². The van der Waals surface area contributed by atoms with Crippen molar-refractivity contribution in [1.82, 2.24) is 9.30 Å². The van der Waals surface area contributed by atoms with Crippen LogP contribution in [0.4, 0.5) is 0 Å². The lowest BCUT2D eigenvalue weighted by Gasteiger charge is -2.21. The van der Waals surface area contributed by atoms with E-state index < -0.39 is 0 Å². The van der Waals surface area contributed by atoms with Gasteiger partial charge in [0.1, 0.15) is 6.29 Å². The summed E-state index contributed by atoms with van der Waals surface area (Å²) in [4.78, 5) is 27.1. The molecule has 33 heavy (non-hydrogen) atoms. The second-order valence-corrected chi connectivity index (χ2v) is 8.92. The topological polar surface area (TPSA) is 41.8 Å². The Hall–Kier alpha value is -2.72. The van der Waals surface area contributed by atoms with Crippen molar-refractivity contribution in [3.63, 3.8) is 0 Å². The third kappa shape index (κ3) is 6.42. The minimum atomic E-state index is 0.0301. The van der Waals surface area contributed by atoms with Crippen LogP contribution in [0.5, 0.6) is 0 Å². The Balaban J connectivity index is 1.67. The molecule has 0 saturated carbocycles. The molecule has 0 fully saturated rings. The lowest BCUT2D eigenvalue weighted by Crippen LogP contribution is -2.27. The van der Waals surface area contributed by atoms with Crippen molar-refractivity contribution in [1.29, 1.82) is 0 Å². The molecule has 0 amide bonds. The summed E-state index contributed by atoms with van der Waals surface area (Å²) in [5, 5.41) is 0. The summed E-state index contributed by atoms with van der Waals surface area (Å²) in [7, 11) is 0. The number of carbonyl (C=O) groups excluding carboxylic acids is 2. The molecule has 4 heteroatoms. The van der Waals surface area contributed by atoms with Gasteiger partial charge in [-0.2, -0.15) is 0 Å². The van der Waals surface area contributed by atoms with Crippen LogP contribution in [-0.4, -0.2) is 41.0 Å². The van der Waals surface area contributed by atoms with Gasteiger partial charge in [-0.05, 0) is 81.1 Å². The first-order valence-corrected chi connectivity index (χ1v) is 12.6. The molecule has 0 aliphatic heterocycles. The Kier molecular flexibility index (Phi) is 9.44. The molecule has 0 aliphatic rings. The first-order chi connectivity index (χ1) is 16.1. The van der Waals surface area contributed by atoms with Crippen LogP contribution in [0.2, 0.25) is 0 Å². The van der Waals surface area contributed by atoms with Crippen molar-refractivity contribution in [2.24, 2.45) is 0 Å². The van der Waals surface area contributed by atoms with Gasteiger partial charge in [0, 0.05) is 22.8 Å². The van der Waals surface area contributed by atoms with Gasteiger partial charge in [-0.25, -0.2) is 0 Å². The van der Waals surface area contributed by atoms with Gasteiger partial charge in [0.05, 0.1) is 5.69 Å². The molecular formula is C29H38N2O2. The van der Waals surface area contributed by atoms with Gasteiger partial charge in [-0.3, -0.25) is 9.59 Å². The molecule has 0 bridgehead atoms. The summed E-state index contributed by atoms with van der Waals surface area (Å²) in [5.41, 5.74) is 5.19. The smallest absolute Gasteiger partial charge is 0.210 e. The Morgan fingerprint density at radius 2 is 1.58 bits per heavy atom. The Morgan fingerprint density at radius 1 is 0.909 bits per heavy atom. The minimum Gasteiger partial charge on any atom is -0.313 e. The maximum Gasteiger partial charge on any atom is 0.210 e. The molecule has 0 unspecified atom stereocenters. The largest absolute Gasteiger partial charge is 0.313 e. The number of carbonyl (C=O) groups is 2. The Bertz CT molecular complexity index is 1040. The maximum atomic E-state index is 13.4. The number of hydrogen-bond acceptors (Lipinski definition) is 3. The van der Waals surface area contributed by atoms with Crippen LogP contribution in [0.1, 0.15) is 90.4 Å². The number of hydrogen-bond donors (Lipinski definition) is 0. The molecule has 0 radical (unpaired) electrons. The highest BCUT2D eigenvalue weighted by atomic mass is 16.1. The SMILES string of the molecule is CCCCN(CCCC)CCCc1ccc(C(=O)c2c(CC)cc3cc(C=O)ccn23)cc1. The van der Waals surface area contributed by atoms with Crippen molar-refractivity contribution in [3.8, 4) is 0 Å². The average molecular weight is 447 g/mol. The van der Waals surface area contributed by atoms with Crippen LogP contribution in [0.15, 0.2) is 48.7 Å². The summed E-state index contributed by atoms with van der Waals surface area (Å²) >= 11 is 0. The van der Waals surface area contributed by atoms with E-state index in [1.165, 1.54) is 44.3 Å². The van der Waals surface area contributed by atoms with Gasteiger partial charge in [0.25, 0.3) is 0 Å². The zero-order valence-electron chi connectivity index (χ0n) is 20.5. The quantitative estimate of drug-likeness (QED) is 0.213. The second-order valence-electron chi connectivity index (χ2n) is 8.92. The predicted molar refractivity (Wildman–Crippen MR) is 137 cm³/mol. The number of nitrogens with zero attached hydrogens (tertiary/aromatic N) is 2. The second kappa shape index (κ2) is 12.5. The standard InChI is InChI=1S/C29H38N2O2/c1-4-7-16-30(17-8-5-2)18-9-10-23-11-13-26(14-12-23)29(33)28-25(6-3)21-27-20-24(22-32)15-19-31(27)28/h11-15,19-22H,4-10,16-18H2,1-3H3. The van der Waals surface area contributed by atoms with Gasteiger partial charge >= 0.3 is 0 Å². The van der Waals surface area contributed by atoms with Crippen molar-refractivity contribution in [2.45, 2.75) is 65.7 Å². The van der Waals surface area contributed by atoms with E-state index in [-0.39, 0.29) is 5.78 Å². The number of rotatable bonds is 14. The molecule has 1 aromatic carbocycles. The molecule has 176 valence electrons. The number of pyridine rings is 1. The summed E-state index contributed by atoms with van der Waals surface area (Å²) in [6, 6.07) is 13.7. The predicted octanol–water partition coefficient (Wildman–Crippen LogP) is 6.38. The number of fused-ring (bicyclic) bond motifs is 1. The molecular weight excluding hydrogens is 408 g/mol. The van der Waals surface area contributed by atoms with Crippen molar-refractivity contribution in [3.05, 3.63) is 76.6 Å². The fourth-order valence-corrected chi connectivity index (χ4v) is 4.41. The van der Waals surface area contributed by atoms with Gasteiger partial charge in [-0.1, -0.05) is 57.9 Å². The van der Waals surface area contributed by atoms with E-state index >= 15 is 0 Å². The highest BCUT2D eigenvalue weighted by molar-refractivity contribution is 6.09. The highest BCUT2D eigenvalue weighted by Gasteiger charge is 2.18. The fraction of sp³-hybridized carbons (Fsp3) is 0.448. The third-order valence-electron chi connectivity index (χ3n) is 6.42. The summed E-state index contributed by atoms with van der Waals surface area (Å²) < 4.78 is 1.91. The number of aryl methyl sites for hydroxylation is 2. The molecule has 3 rings (SSSR count). The van der Waals surface area contributed by atoms with Gasteiger partial charge in [0.15, 0.2) is 0 Å². The lowest BCUT2D eigenvalue weighted by molar-refractivity contribution is 0.103. The Morgan fingerprint density at radius 3 is 2.18 bits per heavy atom. The average Bonchev–Trinajstić information content (AvgIpc) is 3.23. The van der Waals surface area contributed by atoms with E-state index in [1.54, 1.807) is 6.07 Å². The molecule has 2 aromatic heterocycles. The molecule has 0 spiro atoms. The first-order valence-electron chi connectivity index (χ1n) is 12.6. The zero-order valence-corrected chi connectivity index (χ0v) is 20.5. The van der Waals surface area contributed by atoms with E-state index in [4.69, 9.17) is 0 Å². The van der Waals surface area contributed by atoms with Crippen molar-refractivity contribution in [2.75, 3.05) is 19.6 Å². The van der Waals surface area contributed by atoms with Crippen LogP contribution in [-0.2, 0) is 12.8 Å². The normalized spacial score (nSPS) is 11.4. The van der Waals surface area contributed by atoms with Crippen LogP contribution >= 0.6 is 0 Å². The molecule has 0 aliphatic carbocycles. The van der Waals surface area contributed by atoms with Crippen LogP contribution in [0, 0.1) is 0 Å². The third-order valence-corrected chi connectivity index (χ3v) is 6.42. The summed E-state index contributed by atoms with van der Waals surface area (Å²) in [6.45, 7) is 10.1. The highest BCUT2D eigenvalue weighted by Crippen LogP contribution is 2.22. The number of unbranched alkanes of at least 4 members (excludes halogenated alkanes) is 2. The van der Waals surface area contributed by atoms with Crippen LogP contribution < -0.4 is 0 Å². The van der Waals surface area contributed by atoms with Gasteiger partial charge in [0.2, 0.25) is 5.78 Å². The van der Waals surface area contributed by atoms with Crippen LogP contribution in [0.3, 0.4) is 0 Å². The number of aldehydes is 1. The van der Waals surface area contributed by atoms with Gasteiger partial charge < -0.3 is 9.30 Å². The van der Waals surface area contributed by atoms with E-state index in [9.17, 15) is 9.59 Å². The molecule has 4 nitrogen and oxygen atoms in total. The van der Waals surface area contributed by atoms with E-state index in [0.717, 1.165) is 43.2 Å². The molecule has 0 saturated heterocycles. The van der Waals surface area contributed by atoms with Gasteiger partial charge in [-0.15, -0.1) is 0 Å². The molecule has 0 atom stereocenters. The minimum absolute atomic E-state index is 0.0301. The number of ketones is 1. The Labute approximate surface area is 198 Å². The maximum absolute atomic E-state index is 13.4. The first kappa shape index (κ1) is 24.9. The van der Waals surface area contributed by atoms with Crippen molar-refractivity contribution < 1.29 is 9.59 Å². The summed E-state index contributed by atoms with van der Waals surface area (Å²) in [6.07, 6.45) is 10.6. The molecule has 2 heterocycles. The monoisotopic (exact) mass is 446 g/mol. The number of aromatic nitrogens is 1. The molecule has 0 N–H and O–H groups in total. The fourth-order valence-electron chi connectivity index (χ4n) is 4.41.